The molecule has 1 atom stereocenters. The third kappa shape index (κ3) is 3.54. The number of hydrogen-bond donors (Lipinski definition) is 0. The van der Waals surface area contributed by atoms with Crippen molar-refractivity contribution >= 4 is 31.2 Å². The molecule has 0 amide bonds. The van der Waals surface area contributed by atoms with E-state index in [0.29, 0.717) is 18.1 Å². The molecule has 0 fully saturated rings. The zero-order valence-corrected chi connectivity index (χ0v) is 13.2. The van der Waals surface area contributed by atoms with Gasteiger partial charge in [0.05, 0.1) is 0 Å². The Hall–Kier alpha value is 0.433. The van der Waals surface area contributed by atoms with Crippen molar-refractivity contribution in [3.05, 3.63) is 11.1 Å². The second kappa shape index (κ2) is 4.52. The predicted octanol–water partition coefficient (Wildman–Crippen LogP) is 3.90. The number of ketones is 1. The summed E-state index contributed by atoms with van der Waals surface area (Å²) in [4.78, 5) is 11.4. The molecule has 0 spiro atoms. The molecule has 80 valence electrons. The molecule has 1 nitrogen and oxygen atoms in total. The number of carbonyl (C=O) groups excluding carboxylic acids is 1. The van der Waals surface area contributed by atoms with E-state index >= 15 is 0 Å². The molecule has 1 aliphatic carbocycles. The van der Waals surface area contributed by atoms with Crippen molar-refractivity contribution in [1.82, 2.24) is 0 Å². The number of carbonyl (C=O) groups is 1. The van der Waals surface area contributed by atoms with Crippen LogP contribution < -0.4 is 0 Å². The third-order valence-corrected chi connectivity index (χ3v) is 6.77. The summed E-state index contributed by atoms with van der Waals surface area (Å²) in [6.45, 7) is 4.32. The zero-order valence-electron chi connectivity index (χ0n) is 9.48. The molecule has 0 aromatic carbocycles. The van der Waals surface area contributed by atoms with Crippen LogP contribution in [-0.4, -0.2) is 17.2 Å². The van der Waals surface area contributed by atoms with E-state index < -0.39 is 11.4 Å². The Morgan fingerprint density at radius 2 is 2.07 bits per heavy atom. The van der Waals surface area contributed by atoms with Crippen LogP contribution in [0.3, 0.4) is 0 Å². The molecule has 0 radical (unpaired) electrons. The quantitative estimate of drug-likeness (QED) is 0.557. The minimum absolute atomic E-state index is 0.415. The van der Waals surface area contributed by atoms with Crippen LogP contribution in [0.25, 0.3) is 0 Å². The molecule has 1 aliphatic rings. The molecule has 0 heterocycles. The molecule has 0 aliphatic heterocycles. The van der Waals surface area contributed by atoms with Crippen molar-refractivity contribution in [3.63, 3.8) is 0 Å². The van der Waals surface area contributed by atoms with E-state index in [2.05, 4.69) is 39.4 Å². The van der Waals surface area contributed by atoms with Crippen LogP contribution in [0.15, 0.2) is 11.1 Å². The number of halogens is 1. The fourth-order valence-electron chi connectivity index (χ4n) is 2.14. The van der Waals surface area contributed by atoms with Crippen molar-refractivity contribution in [3.8, 4) is 0 Å². The van der Waals surface area contributed by atoms with Crippen LogP contribution in [0.2, 0.25) is 16.8 Å². The van der Waals surface area contributed by atoms with Gasteiger partial charge < -0.3 is 0 Å². The summed E-state index contributed by atoms with van der Waals surface area (Å²) in [6, 6.07) is 0. The number of hydrogen-bond acceptors (Lipinski definition) is 1. The van der Waals surface area contributed by atoms with Gasteiger partial charge in [0, 0.05) is 0 Å². The van der Waals surface area contributed by atoms with Crippen LogP contribution in [0.4, 0.5) is 0 Å². The Balaban J connectivity index is 2.84. The second-order valence-corrected chi connectivity index (χ2v) is 24.1. The Kier molecular flexibility index (Phi) is 4.04. The summed E-state index contributed by atoms with van der Waals surface area (Å²) in [5.41, 5.74) is 2.90. The van der Waals surface area contributed by atoms with Crippen LogP contribution >= 0.6 is 14.0 Å². The molecular weight excluding hydrogens is 301 g/mol. The van der Waals surface area contributed by atoms with E-state index in [-0.39, 0.29) is 0 Å². The molecule has 0 saturated carbocycles. The first-order valence-electron chi connectivity index (χ1n) is 5.19. The molecule has 1 unspecified atom stereocenters. The summed E-state index contributed by atoms with van der Waals surface area (Å²) in [5.74, 6) is 5.63. The van der Waals surface area contributed by atoms with Gasteiger partial charge in [0.2, 0.25) is 0 Å². The number of Topliss-reactive ketones (excluding diaryl/α,β-unsaturated/α-hetero) is 1. The number of rotatable bonds is 2. The van der Waals surface area contributed by atoms with Crippen molar-refractivity contribution < 1.29 is 4.79 Å². The van der Waals surface area contributed by atoms with Gasteiger partial charge in [0.15, 0.2) is 0 Å². The summed E-state index contributed by atoms with van der Waals surface area (Å²) in [6.07, 6.45) is 1.46. The fourth-order valence-corrected chi connectivity index (χ4v) is 6.98. The molecule has 1 rings (SSSR count). The van der Waals surface area contributed by atoms with Gasteiger partial charge in [-0.1, -0.05) is 0 Å². The van der Waals surface area contributed by atoms with E-state index in [9.17, 15) is 4.79 Å². The zero-order chi connectivity index (χ0) is 10.9. The van der Waals surface area contributed by atoms with Gasteiger partial charge >= 0.3 is 96.5 Å². The number of allylic oxidation sites excluding steroid dienone is 2. The van der Waals surface area contributed by atoms with Crippen LogP contribution in [0.5, 0.6) is 0 Å². The third-order valence-electron chi connectivity index (χ3n) is 2.75. The van der Waals surface area contributed by atoms with Crippen molar-refractivity contribution in [1.29, 1.82) is 0 Å². The average Bonchev–Trinajstić information content (AvgIpc) is 1.95. The topological polar surface area (TPSA) is 17.1 Å². The first-order valence-corrected chi connectivity index (χ1v) is 15.8. The monoisotopic (exact) mass is 320 g/mol. The molecule has 0 saturated heterocycles. The van der Waals surface area contributed by atoms with Gasteiger partial charge in [-0.05, 0) is 0 Å². The molecule has 0 N–H and O–H groups in total. The normalized spacial score (nSPS) is 24.4. The van der Waals surface area contributed by atoms with E-state index in [1.54, 1.807) is 5.57 Å². The van der Waals surface area contributed by atoms with Gasteiger partial charge in [-0.3, -0.25) is 0 Å². The van der Waals surface area contributed by atoms with Gasteiger partial charge in [-0.15, -0.1) is 0 Å². The molecule has 3 heteroatoms. The molecule has 0 aromatic heterocycles. The molecule has 14 heavy (non-hydrogen) atoms. The Morgan fingerprint density at radius 1 is 1.50 bits per heavy atom. The maximum atomic E-state index is 11.4. The van der Waals surface area contributed by atoms with Gasteiger partial charge in [0.1, 0.15) is 0 Å². The summed E-state index contributed by atoms with van der Waals surface area (Å²) >= 11 is 2.17. The second-order valence-electron chi connectivity index (χ2n) is 5.02. The predicted molar refractivity (Wildman–Crippen MR) is 67.3 cm³/mol. The average molecular weight is 320 g/mol. The fraction of sp³-hybridized carbons (Fsp3) is 0.727. The van der Waals surface area contributed by atoms with E-state index in [4.69, 9.17) is 0 Å². The Morgan fingerprint density at radius 3 is 2.50 bits per heavy atom. The van der Waals surface area contributed by atoms with E-state index in [0.717, 1.165) is 6.42 Å². The summed E-state index contributed by atoms with van der Waals surface area (Å²) in [5, 5.41) is 1.24. The maximum absolute atomic E-state index is 11.4. The van der Waals surface area contributed by atoms with Crippen LogP contribution in [0.1, 0.15) is 26.7 Å². The minimum atomic E-state index is -1.68. The Bertz CT molecular complexity index is 276. The first kappa shape index (κ1) is 12.5. The van der Waals surface area contributed by atoms with Gasteiger partial charge in [0.25, 0.3) is 0 Å². The summed E-state index contributed by atoms with van der Waals surface area (Å²) in [7, 11) is 0. The van der Waals surface area contributed by atoms with Crippen molar-refractivity contribution in [2.75, 3.05) is 0 Å². The Labute approximate surface area is 96.3 Å². The van der Waals surface area contributed by atoms with Crippen molar-refractivity contribution in [2.45, 2.75) is 43.5 Å². The van der Waals surface area contributed by atoms with Crippen molar-refractivity contribution in [2.24, 2.45) is 5.92 Å². The molecule has 0 aromatic rings. The van der Waals surface area contributed by atoms with E-state index in [1.165, 1.54) is 10.8 Å². The van der Waals surface area contributed by atoms with E-state index in [1.807, 2.05) is 0 Å². The summed E-state index contributed by atoms with van der Waals surface area (Å²) < 4.78 is 0. The van der Waals surface area contributed by atoms with Crippen LogP contribution in [0, 0.1) is 5.92 Å². The first-order chi connectivity index (χ1) is 6.29. The standard InChI is InChI=1S/C11H19BrGeO/c1-8-5-10(14)6-9(2)11(8)7-13(3,4)12/h8H,5-7H2,1-4H3. The molecular formula is C11H19BrGeO. The SMILES string of the molecule is CC1=C([CH2][Ge]([CH3])([CH3])[Br])C(C)CC(=O)C1. The molecule has 0 bridgehead atoms. The van der Waals surface area contributed by atoms with Crippen LogP contribution in [-0.2, 0) is 4.79 Å². The van der Waals surface area contributed by atoms with Gasteiger partial charge in [-0.2, -0.15) is 0 Å². The van der Waals surface area contributed by atoms with Gasteiger partial charge in [-0.25, -0.2) is 0 Å².